The average molecular weight is 362 g/mol. The number of phenols is 1. The number of hydrogen-bond acceptors (Lipinski definition) is 4. The maximum absolute atomic E-state index is 12.6. The van der Waals surface area contributed by atoms with E-state index in [0.29, 0.717) is 30.1 Å². The first-order chi connectivity index (χ1) is 13.1. The van der Waals surface area contributed by atoms with Crippen LogP contribution in [-0.4, -0.2) is 24.1 Å². The summed E-state index contributed by atoms with van der Waals surface area (Å²) >= 11 is 0. The molecule has 0 spiro atoms. The highest BCUT2D eigenvalue weighted by atomic mass is 16.5. The van der Waals surface area contributed by atoms with Crippen LogP contribution in [0.1, 0.15) is 29.8 Å². The number of phenolic OH excluding ortho intramolecular Hbond substituents is 1. The molecular formula is C23H22O4. The third-order valence-electron chi connectivity index (χ3n) is 4.16. The number of hydrogen-bond donors (Lipinski definition) is 1. The van der Waals surface area contributed by atoms with Gasteiger partial charge in [0.15, 0.2) is 17.3 Å². The number of ketones is 1. The highest BCUT2D eigenvalue weighted by Crippen LogP contribution is 2.30. The minimum atomic E-state index is -0.259. The Morgan fingerprint density at radius 1 is 0.963 bits per heavy atom. The Balaban J connectivity index is 1.86. The van der Waals surface area contributed by atoms with Crippen LogP contribution < -0.4 is 9.47 Å². The van der Waals surface area contributed by atoms with Gasteiger partial charge in [0.25, 0.3) is 0 Å². The zero-order valence-corrected chi connectivity index (χ0v) is 15.4. The second-order valence-corrected chi connectivity index (χ2v) is 5.95. The van der Waals surface area contributed by atoms with E-state index in [9.17, 15) is 9.90 Å². The summed E-state index contributed by atoms with van der Waals surface area (Å²) < 4.78 is 11.2. The van der Waals surface area contributed by atoms with E-state index in [4.69, 9.17) is 9.47 Å². The molecular weight excluding hydrogens is 340 g/mol. The molecule has 0 heterocycles. The lowest BCUT2D eigenvalue weighted by Gasteiger charge is -2.11. The van der Waals surface area contributed by atoms with Gasteiger partial charge in [0, 0.05) is 5.39 Å². The van der Waals surface area contributed by atoms with Gasteiger partial charge in [-0.25, -0.2) is 0 Å². The van der Waals surface area contributed by atoms with Crippen LogP contribution in [-0.2, 0) is 0 Å². The lowest BCUT2D eigenvalue weighted by atomic mass is 10.0. The number of rotatable bonds is 7. The number of aromatic hydroxyl groups is 1. The van der Waals surface area contributed by atoms with Gasteiger partial charge in [-0.1, -0.05) is 42.5 Å². The van der Waals surface area contributed by atoms with E-state index in [2.05, 4.69) is 0 Å². The van der Waals surface area contributed by atoms with Gasteiger partial charge in [0.05, 0.1) is 18.8 Å². The first kappa shape index (κ1) is 18.5. The topological polar surface area (TPSA) is 55.8 Å². The maximum atomic E-state index is 12.6. The van der Waals surface area contributed by atoms with Gasteiger partial charge >= 0.3 is 0 Å². The van der Waals surface area contributed by atoms with Gasteiger partial charge in [-0.05, 0) is 49.1 Å². The Bertz CT molecular complexity index is 989. The predicted molar refractivity (Wildman–Crippen MR) is 108 cm³/mol. The first-order valence-electron chi connectivity index (χ1n) is 8.96. The zero-order chi connectivity index (χ0) is 19.2. The monoisotopic (exact) mass is 362 g/mol. The number of allylic oxidation sites excluding steroid dienone is 1. The quantitative estimate of drug-likeness (QED) is 0.461. The molecule has 0 atom stereocenters. The van der Waals surface area contributed by atoms with E-state index < -0.39 is 0 Å². The Kier molecular flexibility index (Phi) is 5.77. The maximum Gasteiger partial charge on any atom is 0.189 e. The van der Waals surface area contributed by atoms with Crippen LogP contribution in [0.4, 0.5) is 0 Å². The van der Waals surface area contributed by atoms with Gasteiger partial charge in [-0.15, -0.1) is 0 Å². The number of carbonyl (C=O) groups excluding carboxylic acids is 1. The normalized spacial score (nSPS) is 11.0. The first-order valence-corrected chi connectivity index (χ1v) is 8.96. The molecule has 3 aromatic rings. The minimum Gasteiger partial charge on any atom is -0.507 e. The number of benzene rings is 3. The summed E-state index contributed by atoms with van der Waals surface area (Å²) in [5.74, 6) is 1.06. The van der Waals surface area contributed by atoms with Crippen molar-refractivity contribution in [2.45, 2.75) is 13.8 Å². The SMILES string of the molecule is CCOc1ccc(/C=C/C(=O)c2ccc3ccccc3c2O)cc1OCC. The molecule has 0 saturated carbocycles. The summed E-state index contributed by atoms with van der Waals surface area (Å²) in [6.45, 7) is 4.90. The van der Waals surface area contributed by atoms with E-state index in [-0.39, 0.29) is 17.1 Å². The fourth-order valence-corrected chi connectivity index (χ4v) is 2.89. The van der Waals surface area contributed by atoms with Crippen molar-refractivity contribution in [1.82, 2.24) is 0 Å². The highest BCUT2D eigenvalue weighted by Gasteiger charge is 2.11. The van der Waals surface area contributed by atoms with Crippen molar-refractivity contribution in [1.29, 1.82) is 0 Å². The fraction of sp³-hybridized carbons (Fsp3) is 0.174. The number of carbonyl (C=O) groups is 1. The molecule has 0 aromatic heterocycles. The van der Waals surface area contributed by atoms with Crippen LogP contribution in [0, 0.1) is 0 Å². The van der Waals surface area contributed by atoms with Crippen LogP contribution in [0.3, 0.4) is 0 Å². The molecule has 0 fully saturated rings. The van der Waals surface area contributed by atoms with E-state index in [1.165, 1.54) is 6.08 Å². The molecule has 3 aromatic carbocycles. The van der Waals surface area contributed by atoms with E-state index in [1.54, 1.807) is 18.2 Å². The van der Waals surface area contributed by atoms with Crippen molar-refractivity contribution in [3.63, 3.8) is 0 Å². The van der Waals surface area contributed by atoms with Crippen LogP contribution in [0.15, 0.2) is 60.7 Å². The molecule has 1 N–H and O–H groups in total. The summed E-state index contributed by atoms with van der Waals surface area (Å²) in [7, 11) is 0. The molecule has 3 rings (SSSR count). The highest BCUT2D eigenvalue weighted by molar-refractivity contribution is 6.11. The van der Waals surface area contributed by atoms with Crippen molar-refractivity contribution < 1.29 is 19.4 Å². The molecule has 0 aliphatic heterocycles. The third-order valence-corrected chi connectivity index (χ3v) is 4.16. The summed E-state index contributed by atoms with van der Waals surface area (Å²) in [6.07, 6.45) is 3.16. The average Bonchev–Trinajstić information content (AvgIpc) is 2.69. The van der Waals surface area contributed by atoms with Gasteiger partial charge in [-0.3, -0.25) is 4.79 Å². The molecule has 27 heavy (non-hydrogen) atoms. The molecule has 0 radical (unpaired) electrons. The third kappa shape index (κ3) is 4.11. The van der Waals surface area contributed by atoms with Crippen molar-refractivity contribution in [2.24, 2.45) is 0 Å². The lowest BCUT2D eigenvalue weighted by molar-refractivity contribution is 0.104. The fourth-order valence-electron chi connectivity index (χ4n) is 2.89. The smallest absolute Gasteiger partial charge is 0.189 e. The molecule has 0 unspecified atom stereocenters. The summed E-state index contributed by atoms with van der Waals surface area (Å²) in [6, 6.07) is 16.4. The molecule has 0 aliphatic carbocycles. The van der Waals surface area contributed by atoms with Crippen molar-refractivity contribution in [3.05, 3.63) is 71.8 Å². The summed E-state index contributed by atoms with van der Waals surface area (Å²) in [4.78, 5) is 12.6. The van der Waals surface area contributed by atoms with Gasteiger partial charge in [-0.2, -0.15) is 0 Å². The molecule has 138 valence electrons. The van der Waals surface area contributed by atoms with Crippen LogP contribution in [0.5, 0.6) is 17.2 Å². The lowest BCUT2D eigenvalue weighted by Crippen LogP contribution is -1.98. The van der Waals surface area contributed by atoms with Crippen LogP contribution in [0.2, 0.25) is 0 Å². The minimum absolute atomic E-state index is 0.00412. The number of fused-ring (bicyclic) bond motifs is 1. The van der Waals surface area contributed by atoms with Gasteiger partial charge < -0.3 is 14.6 Å². The van der Waals surface area contributed by atoms with Gasteiger partial charge in [0.2, 0.25) is 0 Å². The molecule has 0 bridgehead atoms. The summed E-state index contributed by atoms with van der Waals surface area (Å²) in [5, 5.41) is 12.0. The predicted octanol–water partition coefficient (Wildman–Crippen LogP) is 5.24. The molecule has 0 amide bonds. The molecule has 0 aliphatic rings. The zero-order valence-electron chi connectivity index (χ0n) is 15.4. The number of ether oxygens (including phenoxy) is 2. The van der Waals surface area contributed by atoms with Crippen molar-refractivity contribution in [3.8, 4) is 17.2 Å². The largest absolute Gasteiger partial charge is 0.507 e. The van der Waals surface area contributed by atoms with Crippen LogP contribution >= 0.6 is 0 Å². The molecule has 4 nitrogen and oxygen atoms in total. The van der Waals surface area contributed by atoms with Gasteiger partial charge in [0.1, 0.15) is 5.75 Å². The van der Waals surface area contributed by atoms with E-state index in [1.807, 2.05) is 56.3 Å². The standard InChI is InChI=1S/C23H22O4/c1-3-26-21-14-10-16(15-22(21)27-4-2)9-13-20(24)19-12-11-17-7-5-6-8-18(17)23(19)25/h5-15,25H,3-4H2,1-2H3/b13-9+. The molecule has 4 heteroatoms. The Hall–Kier alpha value is -3.27. The second-order valence-electron chi connectivity index (χ2n) is 5.95. The van der Waals surface area contributed by atoms with Crippen molar-refractivity contribution in [2.75, 3.05) is 13.2 Å². The Labute approximate surface area is 158 Å². The van der Waals surface area contributed by atoms with E-state index >= 15 is 0 Å². The summed E-state index contributed by atoms with van der Waals surface area (Å²) in [5.41, 5.74) is 1.09. The van der Waals surface area contributed by atoms with Crippen LogP contribution in [0.25, 0.3) is 16.8 Å². The van der Waals surface area contributed by atoms with Crippen molar-refractivity contribution >= 4 is 22.6 Å². The Morgan fingerprint density at radius 2 is 1.70 bits per heavy atom. The second kappa shape index (κ2) is 8.41. The van der Waals surface area contributed by atoms with E-state index in [0.717, 1.165) is 10.9 Å². The Morgan fingerprint density at radius 3 is 2.48 bits per heavy atom. The molecule has 0 saturated heterocycles.